The Hall–Kier alpha value is -2.63. The van der Waals surface area contributed by atoms with Gasteiger partial charge in [-0.05, 0) is 43.7 Å². The van der Waals surface area contributed by atoms with E-state index in [0.29, 0.717) is 27.2 Å². The smallest absolute Gasteiger partial charge is 0.258 e. The summed E-state index contributed by atoms with van der Waals surface area (Å²) in [4.78, 5) is 20.7. The van der Waals surface area contributed by atoms with Gasteiger partial charge in [-0.25, -0.2) is 9.97 Å². The molecule has 26 heavy (non-hydrogen) atoms. The Labute approximate surface area is 161 Å². The van der Waals surface area contributed by atoms with Gasteiger partial charge in [0.15, 0.2) is 0 Å². The fourth-order valence-electron chi connectivity index (χ4n) is 2.37. The molecule has 0 atom stereocenters. The summed E-state index contributed by atoms with van der Waals surface area (Å²) in [7, 11) is 0. The highest BCUT2D eigenvalue weighted by Gasteiger charge is 2.11. The number of rotatable bonds is 4. The van der Waals surface area contributed by atoms with E-state index in [2.05, 4.69) is 26.7 Å². The molecule has 0 saturated heterocycles. The minimum absolute atomic E-state index is 0.312. The van der Waals surface area contributed by atoms with Crippen molar-refractivity contribution in [3.63, 3.8) is 0 Å². The summed E-state index contributed by atoms with van der Waals surface area (Å²) >= 11 is 12.0. The number of amides is 1. The lowest BCUT2D eigenvalue weighted by molar-refractivity contribution is 0.102. The van der Waals surface area contributed by atoms with Crippen LogP contribution in [0.2, 0.25) is 10.0 Å². The molecule has 3 aromatic rings. The lowest BCUT2D eigenvalue weighted by Crippen LogP contribution is -2.13. The standard InChI is InChI=1S/C19H16Cl2N4O/c1-11-3-6-16(12(2)7-11)25-19-22-9-13(10-23-19)18(26)24-17-8-14(20)4-5-15(17)21/h3-10H,1-2H3,(H,24,26)(H,22,23,25). The van der Waals surface area contributed by atoms with Crippen molar-refractivity contribution in [2.45, 2.75) is 13.8 Å². The molecule has 0 unspecified atom stereocenters. The SMILES string of the molecule is Cc1ccc(Nc2ncc(C(=O)Nc3cc(Cl)ccc3Cl)cn2)c(C)c1. The van der Waals surface area contributed by atoms with Gasteiger partial charge in [0.05, 0.1) is 16.3 Å². The highest BCUT2D eigenvalue weighted by Crippen LogP contribution is 2.26. The first-order valence-electron chi connectivity index (χ1n) is 7.85. The highest BCUT2D eigenvalue weighted by atomic mass is 35.5. The maximum absolute atomic E-state index is 12.3. The number of anilines is 3. The third-order valence-electron chi connectivity index (χ3n) is 3.72. The van der Waals surface area contributed by atoms with Crippen molar-refractivity contribution in [1.29, 1.82) is 0 Å². The van der Waals surface area contributed by atoms with Gasteiger partial charge in [0.25, 0.3) is 5.91 Å². The van der Waals surface area contributed by atoms with Crippen molar-refractivity contribution in [2.75, 3.05) is 10.6 Å². The van der Waals surface area contributed by atoms with Crippen LogP contribution in [0.4, 0.5) is 17.3 Å². The number of nitrogens with zero attached hydrogens (tertiary/aromatic N) is 2. The van der Waals surface area contributed by atoms with Crippen LogP contribution in [0.3, 0.4) is 0 Å². The Morgan fingerprint density at radius 2 is 1.69 bits per heavy atom. The van der Waals surface area contributed by atoms with E-state index in [-0.39, 0.29) is 5.91 Å². The zero-order chi connectivity index (χ0) is 18.7. The summed E-state index contributed by atoms with van der Waals surface area (Å²) in [5, 5.41) is 6.72. The molecular weight excluding hydrogens is 371 g/mol. The molecule has 1 amide bonds. The van der Waals surface area contributed by atoms with Crippen molar-refractivity contribution in [3.05, 3.63) is 75.5 Å². The van der Waals surface area contributed by atoms with Crippen LogP contribution in [0.25, 0.3) is 0 Å². The first kappa shape index (κ1) is 18.2. The van der Waals surface area contributed by atoms with Crippen LogP contribution < -0.4 is 10.6 Å². The number of aryl methyl sites for hydroxylation is 2. The summed E-state index contributed by atoms with van der Waals surface area (Å²) in [5.74, 6) is 0.0431. The molecule has 7 heteroatoms. The van der Waals surface area contributed by atoms with Crippen molar-refractivity contribution in [1.82, 2.24) is 9.97 Å². The molecule has 132 valence electrons. The Morgan fingerprint density at radius 3 is 2.38 bits per heavy atom. The summed E-state index contributed by atoms with van der Waals surface area (Å²) in [6.45, 7) is 4.04. The quantitative estimate of drug-likeness (QED) is 0.629. The number of benzene rings is 2. The Kier molecular flexibility index (Phi) is 5.40. The third-order valence-corrected chi connectivity index (χ3v) is 4.28. The Bertz CT molecular complexity index is 958. The summed E-state index contributed by atoms with van der Waals surface area (Å²) in [5.41, 5.74) is 3.93. The largest absolute Gasteiger partial charge is 0.324 e. The molecule has 2 N–H and O–H groups in total. The molecule has 5 nitrogen and oxygen atoms in total. The highest BCUT2D eigenvalue weighted by molar-refractivity contribution is 6.35. The Balaban J connectivity index is 1.72. The average Bonchev–Trinajstić information content (AvgIpc) is 2.61. The zero-order valence-electron chi connectivity index (χ0n) is 14.2. The Morgan fingerprint density at radius 1 is 0.962 bits per heavy atom. The minimum atomic E-state index is -0.368. The average molecular weight is 387 g/mol. The van der Waals surface area contributed by atoms with E-state index in [1.807, 2.05) is 26.0 Å². The number of hydrogen-bond acceptors (Lipinski definition) is 4. The summed E-state index contributed by atoms with van der Waals surface area (Å²) in [6.07, 6.45) is 2.90. The predicted molar refractivity (Wildman–Crippen MR) is 106 cm³/mol. The van der Waals surface area contributed by atoms with Crippen LogP contribution in [-0.2, 0) is 0 Å². The molecule has 0 aliphatic heterocycles. The maximum Gasteiger partial charge on any atom is 0.258 e. The second-order valence-electron chi connectivity index (χ2n) is 5.82. The predicted octanol–water partition coefficient (Wildman–Crippen LogP) is 5.40. The molecule has 0 radical (unpaired) electrons. The van der Waals surface area contributed by atoms with E-state index in [9.17, 15) is 4.79 Å². The first-order chi connectivity index (χ1) is 12.4. The van der Waals surface area contributed by atoms with Gasteiger partial charge < -0.3 is 10.6 Å². The molecule has 1 aromatic heterocycles. The normalized spacial score (nSPS) is 10.5. The summed E-state index contributed by atoms with van der Waals surface area (Å²) in [6, 6.07) is 10.9. The van der Waals surface area contributed by atoms with Gasteiger partial charge in [-0.1, -0.05) is 40.9 Å². The number of halogens is 2. The molecular formula is C19H16Cl2N4O. The van der Waals surface area contributed by atoms with Crippen molar-refractivity contribution in [2.24, 2.45) is 0 Å². The number of nitrogens with one attached hydrogen (secondary N) is 2. The van der Waals surface area contributed by atoms with Crippen molar-refractivity contribution in [3.8, 4) is 0 Å². The zero-order valence-corrected chi connectivity index (χ0v) is 15.7. The van der Waals surface area contributed by atoms with Gasteiger partial charge >= 0.3 is 0 Å². The fraction of sp³-hybridized carbons (Fsp3) is 0.105. The number of carbonyl (C=O) groups is 1. The summed E-state index contributed by atoms with van der Waals surface area (Å²) < 4.78 is 0. The molecule has 3 rings (SSSR count). The van der Waals surface area contributed by atoms with E-state index in [0.717, 1.165) is 11.3 Å². The van der Waals surface area contributed by atoms with Crippen LogP contribution in [0.15, 0.2) is 48.8 Å². The van der Waals surface area contributed by atoms with E-state index in [4.69, 9.17) is 23.2 Å². The van der Waals surface area contributed by atoms with Gasteiger partial charge in [0.2, 0.25) is 5.95 Å². The monoisotopic (exact) mass is 386 g/mol. The third kappa shape index (κ3) is 4.31. The van der Waals surface area contributed by atoms with Gasteiger partial charge in [0, 0.05) is 23.1 Å². The maximum atomic E-state index is 12.3. The molecule has 0 spiro atoms. The van der Waals surface area contributed by atoms with E-state index in [1.54, 1.807) is 18.2 Å². The number of hydrogen-bond donors (Lipinski definition) is 2. The molecule has 2 aromatic carbocycles. The van der Waals surface area contributed by atoms with E-state index >= 15 is 0 Å². The number of aromatic nitrogens is 2. The topological polar surface area (TPSA) is 66.9 Å². The number of carbonyl (C=O) groups excluding carboxylic acids is 1. The lowest BCUT2D eigenvalue weighted by atomic mass is 10.1. The van der Waals surface area contributed by atoms with Crippen LogP contribution in [-0.4, -0.2) is 15.9 Å². The fourth-order valence-corrected chi connectivity index (χ4v) is 2.71. The van der Waals surface area contributed by atoms with Gasteiger partial charge in [-0.3, -0.25) is 4.79 Å². The van der Waals surface area contributed by atoms with Crippen LogP contribution in [0, 0.1) is 13.8 Å². The minimum Gasteiger partial charge on any atom is -0.324 e. The molecule has 1 heterocycles. The lowest BCUT2D eigenvalue weighted by Gasteiger charge is -2.10. The molecule has 0 fully saturated rings. The van der Waals surface area contributed by atoms with Crippen LogP contribution in [0.1, 0.15) is 21.5 Å². The molecule has 0 bridgehead atoms. The molecule has 0 aliphatic rings. The molecule has 0 saturated carbocycles. The second-order valence-corrected chi connectivity index (χ2v) is 6.66. The van der Waals surface area contributed by atoms with Gasteiger partial charge in [-0.2, -0.15) is 0 Å². The van der Waals surface area contributed by atoms with Gasteiger partial charge in [-0.15, -0.1) is 0 Å². The van der Waals surface area contributed by atoms with Crippen LogP contribution in [0.5, 0.6) is 0 Å². The molecule has 0 aliphatic carbocycles. The van der Waals surface area contributed by atoms with E-state index < -0.39 is 0 Å². The van der Waals surface area contributed by atoms with Gasteiger partial charge in [0.1, 0.15) is 0 Å². The first-order valence-corrected chi connectivity index (χ1v) is 8.61. The van der Waals surface area contributed by atoms with Crippen molar-refractivity contribution < 1.29 is 4.79 Å². The van der Waals surface area contributed by atoms with Crippen molar-refractivity contribution >= 4 is 46.4 Å². The van der Waals surface area contributed by atoms with E-state index in [1.165, 1.54) is 18.0 Å². The second kappa shape index (κ2) is 7.72. The van der Waals surface area contributed by atoms with Crippen LogP contribution >= 0.6 is 23.2 Å².